The third-order valence-corrected chi connectivity index (χ3v) is 3.55. The van der Waals surface area contributed by atoms with Crippen LogP contribution in [0.25, 0.3) is 5.65 Å². The van der Waals surface area contributed by atoms with Gasteiger partial charge in [0.2, 0.25) is 11.8 Å². The van der Waals surface area contributed by atoms with Crippen molar-refractivity contribution in [3.05, 3.63) is 41.5 Å². The summed E-state index contributed by atoms with van der Waals surface area (Å²) < 4.78 is 6.83. The van der Waals surface area contributed by atoms with Gasteiger partial charge in [-0.25, -0.2) is 0 Å². The first-order valence-electron chi connectivity index (χ1n) is 7.55. The number of rotatable bonds is 5. The molecule has 0 aliphatic heterocycles. The van der Waals surface area contributed by atoms with Gasteiger partial charge in [0.15, 0.2) is 11.5 Å². The molecule has 24 heavy (non-hydrogen) atoms. The predicted molar refractivity (Wildman–Crippen MR) is 83.0 cm³/mol. The summed E-state index contributed by atoms with van der Waals surface area (Å²) in [5.41, 5.74) is 0.976. The third-order valence-electron chi connectivity index (χ3n) is 3.55. The van der Waals surface area contributed by atoms with Gasteiger partial charge in [-0.2, -0.15) is 0 Å². The average molecular weight is 330 g/mol. The standard InChI is InChI=1S/C15H18N6O3/c1-8(2)13(22)14-20-18-11-5-4-10(7-21(11)14)15(23)16-6-12-19-17-9(3)24-12/h4-5,7-8,13,22H,6H2,1-3H3,(H,16,23). The molecule has 0 aliphatic rings. The van der Waals surface area contributed by atoms with Gasteiger partial charge < -0.3 is 14.8 Å². The van der Waals surface area contributed by atoms with E-state index in [0.29, 0.717) is 28.8 Å². The number of aromatic nitrogens is 5. The van der Waals surface area contributed by atoms with Crippen LogP contribution in [0, 0.1) is 12.8 Å². The van der Waals surface area contributed by atoms with E-state index in [1.165, 1.54) is 0 Å². The molecule has 0 radical (unpaired) electrons. The van der Waals surface area contributed by atoms with Gasteiger partial charge in [-0.1, -0.05) is 13.8 Å². The number of aliphatic hydroxyl groups is 1. The minimum absolute atomic E-state index is 0.0179. The van der Waals surface area contributed by atoms with Crippen molar-refractivity contribution >= 4 is 11.6 Å². The molecule has 0 fully saturated rings. The highest BCUT2D eigenvalue weighted by Gasteiger charge is 2.19. The normalized spacial score (nSPS) is 12.7. The highest BCUT2D eigenvalue weighted by Crippen LogP contribution is 2.20. The molecule has 3 heterocycles. The molecule has 2 N–H and O–H groups in total. The molecule has 0 aromatic carbocycles. The van der Waals surface area contributed by atoms with Gasteiger partial charge in [-0.15, -0.1) is 20.4 Å². The molecular weight excluding hydrogens is 312 g/mol. The fourth-order valence-corrected chi connectivity index (χ4v) is 2.21. The van der Waals surface area contributed by atoms with E-state index in [0.717, 1.165) is 0 Å². The van der Waals surface area contributed by atoms with E-state index < -0.39 is 6.10 Å². The molecule has 3 rings (SSSR count). The van der Waals surface area contributed by atoms with E-state index >= 15 is 0 Å². The first-order chi connectivity index (χ1) is 11.5. The molecule has 0 saturated heterocycles. The first kappa shape index (κ1) is 16.1. The molecule has 1 atom stereocenters. The topological polar surface area (TPSA) is 118 Å². The second-order valence-corrected chi connectivity index (χ2v) is 5.79. The highest BCUT2D eigenvalue weighted by molar-refractivity contribution is 5.94. The Balaban J connectivity index is 1.81. The second-order valence-electron chi connectivity index (χ2n) is 5.79. The Kier molecular flexibility index (Phi) is 4.26. The van der Waals surface area contributed by atoms with Crippen molar-refractivity contribution in [1.82, 2.24) is 30.1 Å². The van der Waals surface area contributed by atoms with E-state index in [1.807, 2.05) is 13.8 Å². The molecule has 9 heteroatoms. The number of aryl methyl sites for hydroxylation is 1. The van der Waals surface area contributed by atoms with Crippen molar-refractivity contribution in [2.24, 2.45) is 5.92 Å². The van der Waals surface area contributed by atoms with Crippen LogP contribution in [0.3, 0.4) is 0 Å². The zero-order valence-electron chi connectivity index (χ0n) is 13.6. The zero-order valence-corrected chi connectivity index (χ0v) is 13.6. The summed E-state index contributed by atoms with van der Waals surface area (Å²) >= 11 is 0. The Bertz CT molecular complexity index is 869. The van der Waals surface area contributed by atoms with Crippen molar-refractivity contribution in [1.29, 1.82) is 0 Å². The van der Waals surface area contributed by atoms with E-state index in [4.69, 9.17) is 4.42 Å². The smallest absolute Gasteiger partial charge is 0.253 e. The fourth-order valence-electron chi connectivity index (χ4n) is 2.21. The van der Waals surface area contributed by atoms with Crippen molar-refractivity contribution in [3.63, 3.8) is 0 Å². The van der Waals surface area contributed by atoms with E-state index in [2.05, 4.69) is 25.7 Å². The predicted octanol–water partition coefficient (Wildman–Crippen LogP) is 1.04. The molecule has 3 aromatic rings. The lowest BCUT2D eigenvalue weighted by Crippen LogP contribution is -2.23. The van der Waals surface area contributed by atoms with Crippen LogP contribution in [0.5, 0.6) is 0 Å². The first-order valence-corrected chi connectivity index (χ1v) is 7.55. The second kappa shape index (κ2) is 6.36. The van der Waals surface area contributed by atoms with Crippen LogP contribution < -0.4 is 5.32 Å². The SMILES string of the molecule is Cc1nnc(CNC(=O)c2ccc3nnc(C(O)C(C)C)n3c2)o1. The molecule has 3 aromatic heterocycles. The van der Waals surface area contributed by atoms with Gasteiger partial charge in [0.1, 0.15) is 6.10 Å². The minimum Gasteiger partial charge on any atom is -0.424 e. The number of carbonyl (C=O) groups excluding carboxylic acids is 1. The van der Waals surface area contributed by atoms with Gasteiger partial charge in [0.25, 0.3) is 5.91 Å². The number of nitrogens with zero attached hydrogens (tertiary/aromatic N) is 5. The van der Waals surface area contributed by atoms with Crippen LogP contribution in [-0.4, -0.2) is 35.8 Å². The van der Waals surface area contributed by atoms with Gasteiger partial charge >= 0.3 is 0 Å². The van der Waals surface area contributed by atoms with Crippen LogP contribution in [0.1, 0.15) is 47.9 Å². The Labute approximate surface area is 137 Å². The highest BCUT2D eigenvalue weighted by atomic mass is 16.4. The van der Waals surface area contributed by atoms with Crippen molar-refractivity contribution in [2.75, 3.05) is 0 Å². The minimum atomic E-state index is -0.764. The van der Waals surface area contributed by atoms with Crippen molar-refractivity contribution in [2.45, 2.75) is 33.4 Å². The van der Waals surface area contributed by atoms with Gasteiger partial charge in [-0.3, -0.25) is 9.20 Å². The molecular formula is C15H18N6O3. The number of carbonyl (C=O) groups is 1. The zero-order chi connectivity index (χ0) is 17.3. The third kappa shape index (κ3) is 3.11. The molecule has 0 aliphatic carbocycles. The molecule has 0 bridgehead atoms. The van der Waals surface area contributed by atoms with Gasteiger partial charge in [0, 0.05) is 13.1 Å². The molecule has 1 unspecified atom stereocenters. The number of pyridine rings is 1. The number of nitrogens with one attached hydrogen (secondary N) is 1. The summed E-state index contributed by atoms with van der Waals surface area (Å²) in [5, 5.41) is 28.5. The van der Waals surface area contributed by atoms with Crippen LogP contribution in [0.15, 0.2) is 22.7 Å². The maximum absolute atomic E-state index is 12.3. The van der Waals surface area contributed by atoms with E-state index in [9.17, 15) is 9.90 Å². The lowest BCUT2D eigenvalue weighted by Gasteiger charge is -2.12. The summed E-state index contributed by atoms with van der Waals surface area (Å²) in [6, 6.07) is 3.32. The number of amides is 1. The molecule has 9 nitrogen and oxygen atoms in total. The largest absolute Gasteiger partial charge is 0.424 e. The number of hydrogen-bond acceptors (Lipinski definition) is 7. The molecule has 1 amide bonds. The fraction of sp³-hybridized carbons (Fsp3) is 0.400. The van der Waals surface area contributed by atoms with Gasteiger partial charge in [-0.05, 0) is 18.1 Å². The summed E-state index contributed by atoms with van der Waals surface area (Å²) in [4.78, 5) is 12.3. The Hall–Kier alpha value is -2.81. The Morgan fingerprint density at radius 1 is 1.29 bits per heavy atom. The maximum atomic E-state index is 12.3. The van der Waals surface area contributed by atoms with Crippen LogP contribution >= 0.6 is 0 Å². The molecule has 0 saturated carbocycles. The van der Waals surface area contributed by atoms with E-state index in [1.54, 1.807) is 29.7 Å². The number of fused-ring (bicyclic) bond motifs is 1. The molecule has 0 spiro atoms. The number of hydrogen-bond donors (Lipinski definition) is 2. The summed E-state index contributed by atoms with van der Waals surface area (Å²) in [6.45, 7) is 5.59. The summed E-state index contributed by atoms with van der Waals surface area (Å²) in [5.74, 6) is 0.865. The Morgan fingerprint density at radius 2 is 2.08 bits per heavy atom. The van der Waals surface area contributed by atoms with Crippen molar-refractivity contribution in [3.8, 4) is 0 Å². The average Bonchev–Trinajstić information content (AvgIpc) is 3.17. The monoisotopic (exact) mass is 330 g/mol. The summed E-state index contributed by atoms with van der Waals surface area (Å²) in [7, 11) is 0. The quantitative estimate of drug-likeness (QED) is 0.717. The lowest BCUT2D eigenvalue weighted by atomic mass is 10.1. The van der Waals surface area contributed by atoms with Gasteiger partial charge in [0.05, 0.1) is 12.1 Å². The van der Waals surface area contributed by atoms with Crippen LogP contribution in [0.2, 0.25) is 0 Å². The van der Waals surface area contributed by atoms with Crippen molar-refractivity contribution < 1.29 is 14.3 Å². The Morgan fingerprint density at radius 3 is 2.75 bits per heavy atom. The lowest BCUT2D eigenvalue weighted by molar-refractivity contribution is 0.0946. The number of aliphatic hydroxyl groups excluding tert-OH is 1. The van der Waals surface area contributed by atoms with Crippen LogP contribution in [-0.2, 0) is 6.54 Å². The summed E-state index contributed by atoms with van der Waals surface area (Å²) in [6.07, 6.45) is 0.838. The molecule has 126 valence electrons. The maximum Gasteiger partial charge on any atom is 0.253 e. The van der Waals surface area contributed by atoms with Crippen LogP contribution in [0.4, 0.5) is 0 Å². The van der Waals surface area contributed by atoms with E-state index in [-0.39, 0.29) is 18.4 Å².